The lowest BCUT2D eigenvalue weighted by Crippen LogP contribution is -2.53. The molecule has 1 unspecified atom stereocenters. The van der Waals surface area contributed by atoms with Gasteiger partial charge in [-0.1, -0.05) is 12.1 Å². The minimum atomic E-state index is -2.55. The number of hydrogen-bond donors (Lipinski definition) is 0. The van der Waals surface area contributed by atoms with E-state index in [9.17, 15) is 18.0 Å². The molecule has 2 heterocycles. The van der Waals surface area contributed by atoms with E-state index in [1.165, 1.54) is 19.2 Å². The Kier molecular flexibility index (Phi) is 6.17. The van der Waals surface area contributed by atoms with Gasteiger partial charge in [0.1, 0.15) is 30.1 Å². The average Bonchev–Trinajstić information content (AvgIpc) is 3.26. The highest BCUT2D eigenvalue weighted by molar-refractivity contribution is 5.95. The molecule has 0 bridgehead atoms. The number of fused-ring (bicyclic) bond motifs is 1. The van der Waals surface area contributed by atoms with Crippen LogP contribution >= 0.6 is 0 Å². The van der Waals surface area contributed by atoms with Gasteiger partial charge in [0.15, 0.2) is 0 Å². The normalized spacial score (nSPS) is 25.6. The molecule has 0 aromatic heterocycles. The third-order valence-corrected chi connectivity index (χ3v) is 7.39. The molecule has 2 aromatic rings. The van der Waals surface area contributed by atoms with Gasteiger partial charge in [0.05, 0.1) is 19.3 Å². The lowest BCUT2D eigenvalue weighted by molar-refractivity contribution is -0.107. The van der Waals surface area contributed by atoms with Gasteiger partial charge >= 0.3 is 0 Å². The molecule has 3 aliphatic rings. The van der Waals surface area contributed by atoms with Crippen LogP contribution in [0.25, 0.3) is 0 Å². The number of hydrogen-bond acceptors (Lipinski definition) is 5. The van der Waals surface area contributed by atoms with Crippen LogP contribution in [0.2, 0.25) is 0 Å². The van der Waals surface area contributed by atoms with Crippen LogP contribution in [0.15, 0.2) is 42.5 Å². The molecule has 2 aliphatic heterocycles. The van der Waals surface area contributed by atoms with Gasteiger partial charge in [0, 0.05) is 45.0 Å². The molecule has 2 saturated heterocycles. The van der Waals surface area contributed by atoms with Crippen molar-refractivity contribution in [2.75, 3.05) is 45.5 Å². The lowest BCUT2D eigenvalue weighted by atomic mass is 9.81. The molecule has 6 nitrogen and oxygen atoms in total. The van der Waals surface area contributed by atoms with E-state index in [-0.39, 0.29) is 37.3 Å². The summed E-state index contributed by atoms with van der Waals surface area (Å²) < 4.78 is 57.6. The molecule has 35 heavy (non-hydrogen) atoms. The van der Waals surface area contributed by atoms with Crippen molar-refractivity contribution >= 4 is 11.6 Å². The maximum Gasteiger partial charge on any atom is 0.254 e. The van der Waals surface area contributed by atoms with Crippen LogP contribution in [0.3, 0.4) is 0 Å². The Morgan fingerprint density at radius 1 is 1.23 bits per heavy atom. The van der Waals surface area contributed by atoms with Crippen LogP contribution in [-0.2, 0) is 15.1 Å². The fourth-order valence-electron chi connectivity index (χ4n) is 5.53. The zero-order valence-electron chi connectivity index (χ0n) is 19.8. The smallest absolute Gasteiger partial charge is 0.254 e. The first-order valence-corrected chi connectivity index (χ1v) is 11.8. The number of methoxy groups -OCH3 is 1. The van der Waals surface area contributed by atoms with E-state index >= 15 is 0 Å². The number of piperidine rings is 1. The maximum absolute atomic E-state index is 13.9. The standard InChI is InChI=1S/C26H29F3N2O4/c1-30(14-17-12-25(28,29)13-17)21-7-6-18(10-22(21)33-2)24(32)31-9-8-26(23(15-31)34-16-35-26)19-4-3-5-20(27)11-19/h3-7,10-11,17,23H,8-9,12-16H2,1-2H3/t23?,26-/m1/s1. The van der Waals surface area contributed by atoms with Crippen molar-refractivity contribution in [2.24, 2.45) is 5.92 Å². The summed E-state index contributed by atoms with van der Waals surface area (Å²) in [5.74, 6) is -2.62. The molecule has 0 spiro atoms. The van der Waals surface area contributed by atoms with E-state index in [0.717, 1.165) is 5.69 Å². The van der Waals surface area contributed by atoms with Gasteiger partial charge in [-0.3, -0.25) is 4.79 Å². The number of likely N-dealkylation sites (tertiary alicyclic amines) is 1. The third-order valence-electron chi connectivity index (χ3n) is 7.39. The molecule has 188 valence electrons. The number of carbonyl (C=O) groups excluding carboxylic acids is 1. The van der Waals surface area contributed by atoms with Crippen molar-refractivity contribution in [3.05, 3.63) is 59.4 Å². The molecule has 0 N–H and O–H groups in total. The minimum Gasteiger partial charge on any atom is -0.495 e. The van der Waals surface area contributed by atoms with Gasteiger partial charge < -0.3 is 24.0 Å². The van der Waals surface area contributed by atoms with E-state index in [1.807, 2.05) is 18.0 Å². The largest absolute Gasteiger partial charge is 0.495 e. The first-order valence-electron chi connectivity index (χ1n) is 11.8. The number of anilines is 1. The lowest BCUT2D eigenvalue weighted by Gasteiger charge is -2.42. The van der Waals surface area contributed by atoms with E-state index in [1.54, 1.807) is 29.2 Å². The van der Waals surface area contributed by atoms with Crippen molar-refractivity contribution in [3.63, 3.8) is 0 Å². The van der Waals surface area contributed by atoms with E-state index < -0.39 is 17.6 Å². The number of ether oxygens (including phenoxy) is 3. The maximum atomic E-state index is 13.9. The first kappa shape index (κ1) is 23.9. The van der Waals surface area contributed by atoms with E-state index in [4.69, 9.17) is 14.2 Å². The number of rotatable bonds is 6. The summed E-state index contributed by atoms with van der Waals surface area (Å²) in [4.78, 5) is 17.0. The number of benzene rings is 2. The molecule has 3 fully saturated rings. The van der Waals surface area contributed by atoms with Crippen LogP contribution in [0, 0.1) is 11.7 Å². The van der Waals surface area contributed by atoms with Gasteiger partial charge in [0.25, 0.3) is 5.91 Å². The fourth-order valence-corrected chi connectivity index (χ4v) is 5.53. The summed E-state index contributed by atoms with van der Waals surface area (Å²) >= 11 is 0. The Morgan fingerprint density at radius 3 is 2.74 bits per heavy atom. The van der Waals surface area contributed by atoms with Gasteiger partial charge in [-0.25, -0.2) is 13.2 Å². The number of halogens is 3. The first-order chi connectivity index (χ1) is 16.7. The number of alkyl halides is 2. The summed E-state index contributed by atoms with van der Waals surface area (Å²) in [5, 5.41) is 0. The summed E-state index contributed by atoms with van der Waals surface area (Å²) in [6, 6.07) is 11.5. The molecule has 2 atom stereocenters. The average molecular weight is 491 g/mol. The fraction of sp³-hybridized carbons (Fsp3) is 0.500. The summed E-state index contributed by atoms with van der Waals surface area (Å²) in [7, 11) is 3.36. The number of amides is 1. The second-order valence-corrected chi connectivity index (χ2v) is 9.72. The highest BCUT2D eigenvalue weighted by Crippen LogP contribution is 2.44. The second kappa shape index (κ2) is 9.02. The Bertz CT molecular complexity index is 1110. The predicted molar refractivity (Wildman–Crippen MR) is 123 cm³/mol. The van der Waals surface area contributed by atoms with Crippen molar-refractivity contribution in [2.45, 2.75) is 36.9 Å². The van der Waals surface area contributed by atoms with Crippen molar-refractivity contribution in [1.82, 2.24) is 4.90 Å². The SMILES string of the molecule is COc1cc(C(=O)N2CC[C@]3(c4cccc(F)c4)OCOC3C2)ccc1N(C)CC1CC(F)(F)C1. The highest BCUT2D eigenvalue weighted by atomic mass is 19.3. The van der Waals surface area contributed by atoms with Crippen molar-refractivity contribution in [3.8, 4) is 5.75 Å². The Hall–Kier alpha value is -2.78. The van der Waals surface area contributed by atoms with Gasteiger partial charge in [0.2, 0.25) is 5.92 Å². The molecule has 1 saturated carbocycles. The van der Waals surface area contributed by atoms with Gasteiger partial charge in [-0.05, 0) is 41.8 Å². The van der Waals surface area contributed by atoms with Gasteiger partial charge in [-0.2, -0.15) is 0 Å². The van der Waals surface area contributed by atoms with Crippen molar-refractivity contribution < 1.29 is 32.2 Å². The predicted octanol–water partition coefficient (Wildman–Crippen LogP) is 4.43. The van der Waals surface area contributed by atoms with Gasteiger partial charge in [-0.15, -0.1) is 0 Å². The second-order valence-electron chi connectivity index (χ2n) is 9.72. The summed E-state index contributed by atoms with van der Waals surface area (Å²) in [6.07, 6.45) is -0.128. The summed E-state index contributed by atoms with van der Waals surface area (Å²) in [6.45, 7) is 1.32. The zero-order valence-corrected chi connectivity index (χ0v) is 19.8. The topological polar surface area (TPSA) is 51.2 Å². The molecule has 2 aromatic carbocycles. The quantitative estimate of drug-likeness (QED) is 0.600. The Morgan fingerprint density at radius 2 is 2.03 bits per heavy atom. The molecular weight excluding hydrogens is 461 g/mol. The van der Waals surface area contributed by atoms with Crippen molar-refractivity contribution in [1.29, 1.82) is 0 Å². The molecular formula is C26H29F3N2O4. The molecule has 5 rings (SSSR count). The Labute approximate surface area is 202 Å². The molecule has 1 amide bonds. The van der Waals surface area contributed by atoms with Crippen LogP contribution < -0.4 is 9.64 Å². The molecule has 1 aliphatic carbocycles. The Balaban J connectivity index is 1.29. The molecule has 0 radical (unpaired) electrons. The van der Waals surface area contributed by atoms with Crippen LogP contribution in [0.4, 0.5) is 18.9 Å². The summed E-state index contributed by atoms with van der Waals surface area (Å²) in [5.41, 5.74) is 1.15. The van der Waals surface area contributed by atoms with Crippen LogP contribution in [0.5, 0.6) is 5.75 Å². The monoisotopic (exact) mass is 490 g/mol. The molecule has 9 heteroatoms. The van der Waals surface area contributed by atoms with E-state index in [0.29, 0.717) is 42.9 Å². The van der Waals surface area contributed by atoms with Crippen LogP contribution in [0.1, 0.15) is 35.2 Å². The third kappa shape index (κ3) is 4.47. The number of carbonyl (C=O) groups is 1. The van der Waals surface area contributed by atoms with Crippen LogP contribution in [-0.4, -0.2) is 63.4 Å². The zero-order chi connectivity index (χ0) is 24.8. The van der Waals surface area contributed by atoms with E-state index in [2.05, 4.69) is 0 Å². The highest BCUT2D eigenvalue weighted by Gasteiger charge is 2.51. The minimum absolute atomic E-state index is 0.0682. The number of nitrogens with zero attached hydrogens (tertiary/aromatic N) is 2.